The number of carbonyl (C=O) groups excluding carboxylic acids is 2. The number of para-hydroxylation sites is 1. The van der Waals surface area contributed by atoms with Gasteiger partial charge in [0.05, 0.1) is 0 Å². The summed E-state index contributed by atoms with van der Waals surface area (Å²) in [6.07, 6.45) is 1.04. The third-order valence-corrected chi connectivity index (χ3v) is 4.17. The first-order valence-electron chi connectivity index (χ1n) is 8.67. The maximum absolute atomic E-state index is 12.5. The Labute approximate surface area is 145 Å². The molecular formula is C18H27BN2O3. The molecule has 0 aromatic heterocycles. The van der Waals surface area contributed by atoms with Crippen LogP contribution in [-0.2, 0) is 9.53 Å². The molecule has 0 unspecified atom stereocenters. The Morgan fingerprint density at radius 3 is 2.42 bits per heavy atom. The van der Waals surface area contributed by atoms with Gasteiger partial charge in [0.25, 0.3) is 0 Å². The molecule has 0 bridgehead atoms. The molecule has 2 rings (SSSR count). The molecule has 0 saturated carbocycles. The molecule has 0 radical (unpaired) electrons. The van der Waals surface area contributed by atoms with Crippen molar-refractivity contribution in [1.82, 2.24) is 4.90 Å². The van der Waals surface area contributed by atoms with E-state index in [0.29, 0.717) is 25.9 Å². The zero-order valence-electron chi connectivity index (χ0n) is 15.1. The van der Waals surface area contributed by atoms with Crippen molar-refractivity contribution in [2.45, 2.75) is 46.0 Å². The number of ether oxygens (including phenoxy) is 1. The van der Waals surface area contributed by atoms with Gasteiger partial charge in [-0.1, -0.05) is 30.5 Å². The van der Waals surface area contributed by atoms with Crippen LogP contribution in [0.25, 0.3) is 0 Å². The molecule has 1 saturated heterocycles. The van der Waals surface area contributed by atoms with E-state index in [1.165, 1.54) is 0 Å². The minimum atomic E-state index is -0.491. The van der Waals surface area contributed by atoms with Crippen molar-refractivity contribution >= 4 is 30.4 Å². The van der Waals surface area contributed by atoms with Gasteiger partial charge in [-0.15, -0.1) is 0 Å². The number of hydrogen-bond donors (Lipinski definition) is 1. The summed E-state index contributed by atoms with van der Waals surface area (Å²) in [5.41, 5.74) is 1.53. The van der Waals surface area contributed by atoms with E-state index in [0.717, 1.165) is 18.4 Å². The van der Waals surface area contributed by atoms with Gasteiger partial charge in [-0.3, -0.25) is 4.79 Å². The fraction of sp³-hybridized carbons (Fsp3) is 0.556. The first-order valence-corrected chi connectivity index (χ1v) is 8.67. The van der Waals surface area contributed by atoms with E-state index in [4.69, 9.17) is 4.74 Å². The summed E-state index contributed by atoms with van der Waals surface area (Å²) in [5, 5.41) is 3.04. The van der Waals surface area contributed by atoms with Crippen molar-refractivity contribution in [1.29, 1.82) is 0 Å². The van der Waals surface area contributed by atoms with Crippen LogP contribution >= 0.6 is 0 Å². The van der Waals surface area contributed by atoms with Gasteiger partial charge < -0.3 is 15.0 Å². The van der Waals surface area contributed by atoms with Gasteiger partial charge in [-0.05, 0) is 39.7 Å². The van der Waals surface area contributed by atoms with Crippen molar-refractivity contribution < 1.29 is 14.3 Å². The Balaban J connectivity index is 1.88. The maximum atomic E-state index is 12.5. The normalized spacial score (nSPS) is 15.8. The van der Waals surface area contributed by atoms with E-state index in [2.05, 4.69) is 12.1 Å². The van der Waals surface area contributed by atoms with Crippen molar-refractivity contribution in [3.63, 3.8) is 0 Å². The first kappa shape index (κ1) is 18.4. The lowest BCUT2D eigenvalue weighted by molar-refractivity contribution is -0.121. The quantitative estimate of drug-likeness (QED) is 0.866. The molecule has 2 amide bonds. The average molecular weight is 330 g/mol. The zero-order chi connectivity index (χ0) is 17.7. The summed E-state index contributed by atoms with van der Waals surface area (Å²) in [6.45, 7) is 8.76. The third kappa shape index (κ3) is 5.01. The van der Waals surface area contributed by atoms with Crippen LogP contribution in [-0.4, -0.2) is 42.9 Å². The number of amides is 2. The van der Waals surface area contributed by atoms with Gasteiger partial charge >= 0.3 is 6.09 Å². The van der Waals surface area contributed by atoms with E-state index in [9.17, 15) is 9.59 Å². The predicted molar refractivity (Wildman–Crippen MR) is 98.2 cm³/mol. The molecule has 1 N–H and O–H groups in total. The summed E-state index contributed by atoms with van der Waals surface area (Å²) in [6, 6.07) is 7.88. The Morgan fingerprint density at radius 2 is 1.83 bits per heavy atom. The summed E-state index contributed by atoms with van der Waals surface area (Å²) in [7, 11) is 0.882. The number of piperidine rings is 1. The highest BCUT2D eigenvalue weighted by molar-refractivity contribution is 6.54. The minimum absolute atomic E-state index is 0.0414. The molecule has 1 heterocycles. The van der Waals surface area contributed by atoms with E-state index in [1.54, 1.807) is 4.90 Å². The Bertz CT molecular complexity index is 590. The molecule has 1 aliphatic heterocycles. The van der Waals surface area contributed by atoms with Gasteiger partial charge in [0, 0.05) is 24.7 Å². The number of anilines is 1. The smallest absolute Gasteiger partial charge is 0.410 e. The van der Waals surface area contributed by atoms with Crippen molar-refractivity contribution in [3.8, 4) is 0 Å². The third-order valence-electron chi connectivity index (χ3n) is 4.17. The maximum Gasteiger partial charge on any atom is 0.410 e. The van der Waals surface area contributed by atoms with E-state index in [-0.39, 0.29) is 17.9 Å². The van der Waals surface area contributed by atoms with Crippen molar-refractivity contribution in [3.05, 3.63) is 24.3 Å². The number of hydrogen-bond acceptors (Lipinski definition) is 3. The first-order chi connectivity index (χ1) is 11.3. The zero-order valence-corrected chi connectivity index (χ0v) is 15.1. The number of rotatable bonds is 3. The highest BCUT2D eigenvalue weighted by atomic mass is 16.6. The molecule has 1 aromatic rings. The molecule has 1 aliphatic rings. The Morgan fingerprint density at radius 1 is 1.21 bits per heavy atom. The number of likely N-dealkylation sites (tertiary alicyclic amines) is 1. The standard InChI is InChI=1S/C18H27BN2O3/c1-18(2,3)24-17(23)21-11-9-13(10-12-21)16(22)20-15-8-6-5-7-14(15)19-4/h5-8,13,19H,9-12H2,1-4H3,(H,20,22). The predicted octanol–water partition coefficient (Wildman–Crippen LogP) is 2.38. The molecule has 24 heavy (non-hydrogen) atoms. The number of benzene rings is 1. The van der Waals surface area contributed by atoms with Crippen LogP contribution in [0.1, 0.15) is 33.6 Å². The second-order valence-electron chi connectivity index (χ2n) is 7.24. The molecule has 0 atom stereocenters. The minimum Gasteiger partial charge on any atom is -0.444 e. The summed E-state index contributed by atoms with van der Waals surface area (Å²) < 4.78 is 5.39. The van der Waals surface area contributed by atoms with E-state index in [1.807, 2.05) is 45.0 Å². The topological polar surface area (TPSA) is 58.6 Å². The fourth-order valence-electron chi connectivity index (χ4n) is 2.84. The van der Waals surface area contributed by atoms with Crippen LogP contribution in [0.15, 0.2) is 24.3 Å². The highest BCUT2D eigenvalue weighted by Crippen LogP contribution is 2.21. The summed E-state index contributed by atoms with van der Waals surface area (Å²) in [4.78, 5) is 26.3. The lowest BCUT2D eigenvalue weighted by atomic mass is 9.72. The molecule has 1 aromatic carbocycles. The highest BCUT2D eigenvalue weighted by Gasteiger charge is 2.30. The molecule has 0 spiro atoms. The molecular weight excluding hydrogens is 303 g/mol. The lowest BCUT2D eigenvalue weighted by Crippen LogP contribution is -2.44. The van der Waals surface area contributed by atoms with Crippen LogP contribution in [0.2, 0.25) is 6.82 Å². The molecule has 130 valence electrons. The molecule has 6 heteroatoms. The van der Waals surface area contributed by atoms with Crippen LogP contribution in [0.5, 0.6) is 0 Å². The van der Waals surface area contributed by atoms with Gasteiger partial charge in [-0.2, -0.15) is 0 Å². The van der Waals surface area contributed by atoms with Crippen LogP contribution in [0.3, 0.4) is 0 Å². The van der Waals surface area contributed by atoms with Gasteiger partial charge in [0.15, 0.2) is 7.28 Å². The SMILES string of the molecule is CBc1ccccc1NC(=O)C1CCN(C(=O)OC(C)(C)C)CC1. The largest absolute Gasteiger partial charge is 0.444 e. The Kier molecular flexibility index (Phi) is 5.92. The monoisotopic (exact) mass is 330 g/mol. The van der Waals surface area contributed by atoms with Gasteiger partial charge in [0.2, 0.25) is 5.91 Å². The van der Waals surface area contributed by atoms with Crippen LogP contribution in [0, 0.1) is 5.92 Å². The van der Waals surface area contributed by atoms with Crippen molar-refractivity contribution in [2.24, 2.45) is 5.92 Å². The van der Waals surface area contributed by atoms with E-state index >= 15 is 0 Å². The second kappa shape index (κ2) is 7.73. The Hall–Kier alpha value is -1.98. The van der Waals surface area contributed by atoms with Crippen molar-refractivity contribution in [2.75, 3.05) is 18.4 Å². The second-order valence-corrected chi connectivity index (χ2v) is 7.24. The van der Waals surface area contributed by atoms with E-state index < -0.39 is 5.60 Å². The van der Waals surface area contributed by atoms with Crippen LogP contribution in [0.4, 0.5) is 10.5 Å². The van der Waals surface area contributed by atoms with Gasteiger partial charge in [-0.25, -0.2) is 4.79 Å². The average Bonchev–Trinajstić information content (AvgIpc) is 2.54. The van der Waals surface area contributed by atoms with Crippen LogP contribution < -0.4 is 10.8 Å². The number of nitrogens with one attached hydrogen (secondary N) is 1. The fourth-order valence-corrected chi connectivity index (χ4v) is 2.84. The summed E-state index contributed by atoms with van der Waals surface area (Å²) in [5.74, 6) is -0.0201. The van der Waals surface area contributed by atoms with Gasteiger partial charge in [0.1, 0.15) is 5.60 Å². The number of carbonyl (C=O) groups is 2. The molecule has 5 nitrogen and oxygen atoms in total. The molecule has 0 aliphatic carbocycles. The lowest BCUT2D eigenvalue weighted by Gasteiger charge is -2.33. The number of nitrogens with zero attached hydrogens (tertiary/aromatic N) is 1. The summed E-state index contributed by atoms with van der Waals surface area (Å²) >= 11 is 0. The molecule has 1 fully saturated rings.